The molecule has 0 saturated carbocycles. The van der Waals surface area contributed by atoms with E-state index in [-0.39, 0.29) is 34.0 Å². The highest BCUT2D eigenvalue weighted by atomic mass is 35.5. The molecular formula is C22H19ClN4O5. The van der Waals surface area contributed by atoms with Gasteiger partial charge in [0, 0.05) is 17.5 Å². The summed E-state index contributed by atoms with van der Waals surface area (Å²) in [6.45, 7) is 0.143. The first-order valence-electron chi connectivity index (χ1n) is 9.55. The molecule has 0 aliphatic carbocycles. The monoisotopic (exact) mass is 454 g/mol. The Labute approximate surface area is 186 Å². The zero-order chi connectivity index (χ0) is 23.0. The topological polar surface area (TPSA) is 107 Å². The Morgan fingerprint density at radius 1 is 1.16 bits per heavy atom. The Hall–Kier alpha value is -3.69. The van der Waals surface area contributed by atoms with E-state index in [4.69, 9.17) is 21.2 Å². The number of ether oxygens (including phenoxy) is 1. The number of H-pyrrole nitrogens is 1. The Bertz CT molecular complexity index is 1460. The molecule has 0 saturated heterocycles. The molecular weight excluding hydrogens is 436 g/mol. The number of fused-ring (bicyclic) bond motifs is 2. The highest BCUT2D eigenvalue weighted by Crippen LogP contribution is 2.20. The van der Waals surface area contributed by atoms with Crippen molar-refractivity contribution in [3.8, 4) is 5.75 Å². The fourth-order valence-corrected chi connectivity index (χ4v) is 3.61. The molecule has 9 nitrogen and oxygen atoms in total. The van der Waals surface area contributed by atoms with Crippen LogP contribution in [0.25, 0.3) is 21.8 Å². The van der Waals surface area contributed by atoms with Gasteiger partial charge in [0.15, 0.2) is 10.9 Å². The van der Waals surface area contributed by atoms with Gasteiger partial charge in [-0.05, 0) is 35.9 Å². The fraction of sp³-hybridized carbons (Fsp3) is 0.182. The average Bonchev–Trinajstić information content (AvgIpc) is 3.13. The van der Waals surface area contributed by atoms with Crippen LogP contribution < -0.4 is 15.7 Å². The molecule has 0 radical (unpaired) electrons. The van der Waals surface area contributed by atoms with E-state index in [0.717, 1.165) is 10.6 Å². The molecule has 0 bridgehead atoms. The molecule has 4 aromatic rings. The minimum absolute atomic E-state index is 0.0527. The Balaban J connectivity index is 2.04. The third-order valence-electron chi connectivity index (χ3n) is 5.12. The van der Waals surface area contributed by atoms with Crippen LogP contribution in [-0.2, 0) is 11.4 Å². The van der Waals surface area contributed by atoms with Crippen LogP contribution in [-0.4, -0.2) is 47.0 Å². The Morgan fingerprint density at radius 3 is 2.53 bits per heavy atom. The third kappa shape index (κ3) is 3.72. The predicted molar refractivity (Wildman–Crippen MR) is 120 cm³/mol. The lowest BCUT2D eigenvalue weighted by Crippen LogP contribution is -2.29. The number of aromatic amines is 1. The minimum Gasteiger partial charge on any atom is -0.497 e. The molecule has 0 unspecified atom stereocenters. The number of hydrogen-bond acceptors (Lipinski definition) is 6. The van der Waals surface area contributed by atoms with Crippen LogP contribution in [0.2, 0.25) is 5.02 Å². The number of nitrogens with one attached hydrogen (secondary N) is 1. The van der Waals surface area contributed by atoms with E-state index in [1.54, 1.807) is 37.4 Å². The maximum Gasteiger partial charge on any atom is 0.296 e. The summed E-state index contributed by atoms with van der Waals surface area (Å²) < 4.78 is 6.51. The first-order valence-corrected chi connectivity index (χ1v) is 9.93. The summed E-state index contributed by atoms with van der Waals surface area (Å²) in [5, 5.41) is 5.79. The van der Waals surface area contributed by atoms with Gasteiger partial charge in [0.05, 0.1) is 31.7 Å². The highest BCUT2D eigenvalue weighted by Gasteiger charge is 2.26. The number of amides is 1. The van der Waals surface area contributed by atoms with Crippen LogP contribution in [0.1, 0.15) is 16.1 Å². The van der Waals surface area contributed by atoms with Crippen LogP contribution in [0.4, 0.5) is 0 Å². The van der Waals surface area contributed by atoms with Crippen molar-refractivity contribution in [3.05, 3.63) is 79.3 Å². The summed E-state index contributed by atoms with van der Waals surface area (Å²) in [6.07, 6.45) is 0. The molecule has 0 aliphatic rings. The lowest BCUT2D eigenvalue weighted by atomic mass is 10.1. The lowest BCUT2D eigenvalue weighted by Gasteiger charge is -2.15. The molecule has 10 heteroatoms. The van der Waals surface area contributed by atoms with Crippen molar-refractivity contribution in [1.29, 1.82) is 0 Å². The van der Waals surface area contributed by atoms with Gasteiger partial charge in [-0.3, -0.25) is 23.9 Å². The van der Waals surface area contributed by atoms with E-state index in [1.165, 1.54) is 31.0 Å². The van der Waals surface area contributed by atoms with Crippen LogP contribution in [0.3, 0.4) is 0 Å². The first kappa shape index (κ1) is 21.5. The van der Waals surface area contributed by atoms with Crippen LogP contribution >= 0.6 is 11.6 Å². The third-order valence-corrected chi connectivity index (χ3v) is 5.36. The van der Waals surface area contributed by atoms with Crippen molar-refractivity contribution in [2.75, 3.05) is 21.3 Å². The van der Waals surface area contributed by atoms with Crippen molar-refractivity contribution < 1.29 is 14.4 Å². The number of rotatable bonds is 5. The summed E-state index contributed by atoms with van der Waals surface area (Å²) in [5.74, 6) is 0.0542. The van der Waals surface area contributed by atoms with Gasteiger partial charge in [0.1, 0.15) is 11.4 Å². The second-order valence-corrected chi connectivity index (χ2v) is 7.47. The summed E-state index contributed by atoms with van der Waals surface area (Å²) in [6, 6.07) is 11.7. The van der Waals surface area contributed by atoms with Gasteiger partial charge in [-0.15, -0.1) is 0 Å². The second-order valence-electron chi connectivity index (χ2n) is 7.04. The van der Waals surface area contributed by atoms with E-state index in [9.17, 15) is 14.4 Å². The number of methoxy groups -OCH3 is 1. The van der Waals surface area contributed by atoms with Crippen LogP contribution in [0, 0.1) is 0 Å². The number of aromatic nitrogens is 3. The molecule has 1 amide bonds. The molecule has 164 valence electrons. The fourth-order valence-electron chi connectivity index (χ4n) is 3.44. The van der Waals surface area contributed by atoms with Gasteiger partial charge < -0.3 is 9.72 Å². The Morgan fingerprint density at radius 2 is 1.88 bits per heavy atom. The maximum atomic E-state index is 13.5. The SMILES string of the molecule is COc1ccc(Cn2nc3c(=O)[nH]c4cc(Cl)ccc4c(=O)c3c2C(=O)N(C)OC)cc1. The zero-order valence-corrected chi connectivity index (χ0v) is 18.3. The molecule has 2 aromatic heterocycles. The van der Waals surface area contributed by atoms with E-state index in [1.807, 2.05) is 0 Å². The molecule has 0 fully saturated rings. The van der Waals surface area contributed by atoms with Crippen molar-refractivity contribution in [2.24, 2.45) is 0 Å². The van der Waals surface area contributed by atoms with E-state index >= 15 is 0 Å². The summed E-state index contributed by atoms with van der Waals surface area (Å²) >= 11 is 6.02. The van der Waals surface area contributed by atoms with Crippen molar-refractivity contribution in [1.82, 2.24) is 19.8 Å². The van der Waals surface area contributed by atoms with Crippen molar-refractivity contribution in [2.45, 2.75) is 6.54 Å². The second kappa shape index (κ2) is 8.45. The number of nitrogens with zero attached hydrogens (tertiary/aromatic N) is 3. The Kier molecular flexibility index (Phi) is 5.68. The molecule has 0 aliphatic heterocycles. The average molecular weight is 455 g/mol. The molecule has 0 spiro atoms. The summed E-state index contributed by atoms with van der Waals surface area (Å²) in [4.78, 5) is 47.2. The maximum absolute atomic E-state index is 13.5. The smallest absolute Gasteiger partial charge is 0.296 e. The molecule has 4 rings (SSSR count). The largest absolute Gasteiger partial charge is 0.497 e. The van der Waals surface area contributed by atoms with Crippen molar-refractivity contribution >= 4 is 39.3 Å². The normalized spacial score (nSPS) is 11.1. The number of benzene rings is 2. The number of carbonyl (C=O) groups excluding carboxylic acids is 1. The van der Waals surface area contributed by atoms with Crippen LogP contribution in [0.15, 0.2) is 52.1 Å². The van der Waals surface area contributed by atoms with E-state index in [0.29, 0.717) is 10.8 Å². The molecule has 0 atom stereocenters. The molecule has 1 N–H and O–H groups in total. The molecule has 32 heavy (non-hydrogen) atoms. The van der Waals surface area contributed by atoms with E-state index in [2.05, 4.69) is 10.1 Å². The minimum atomic E-state index is -0.617. The number of carbonyl (C=O) groups is 1. The number of hydroxylamine groups is 2. The standard InChI is InChI=1S/C22H19ClN4O5/c1-26(32-3)22(30)19-17-18(25-27(19)11-12-4-7-14(31-2)8-5-12)21(29)24-16-10-13(23)6-9-15(16)20(17)28/h4-10H,11H2,1-3H3,(H,24,29). The van der Waals surface area contributed by atoms with Crippen molar-refractivity contribution in [3.63, 3.8) is 0 Å². The van der Waals surface area contributed by atoms with Gasteiger partial charge in [-0.25, -0.2) is 5.06 Å². The molecule has 2 heterocycles. The summed E-state index contributed by atoms with van der Waals surface area (Å²) in [7, 11) is 4.30. The molecule has 2 aromatic carbocycles. The predicted octanol–water partition coefficient (Wildman–Crippen LogP) is 2.58. The van der Waals surface area contributed by atoms with Gasteiger partial charge in [0.2, 0.25) is 0 Å². The van der Waals surface area contributed by atoms with E-state index < -0.39 is 16.9 Å². The first-order chi connectivity index (χ1) is 15.3. The number of halogens is 1. The number of hydrogen-bond donors (Lipinski definition) is 1. The zero-order valence-electron chi connectivity index (χ0n) is 17.5. The van der Waals surface area contributed by atoms with Gasteiger partial charge in [0.25, 0.3) is 11.5 Å². The van der Waals surface area contributed by atoms with Gasteiger partial charge in [-0.2, -0.15) is 5.10 Å². The summed E-state index contributed by atoms with van der Waals surface area (Å²) in [5.41, 5.74) is -0.286. The van der Waals surface area contributed by atoms with Gasteiger partial charge in [-0.1, -0.05) is 23.7 Å². The highest BCUT2D eigenvalue weighted by molar-refractivity contribution is 6.31. The van der Waals surface area contributed by atoms with Crippen LogP contribution in [0.5, 0.6) is 5.75 Å². The quantitative estimate of drug-likeness (QED) is 0.464. The van der Waals surface area contributed by atoms with Gasteiger partial charge >= 0.3 is 0 Å². The lowest BCUT2D eigenvalue weighted by molar-refractivity contribution is -0.0762.